The number of carbonyl (C=O) groups is 2. The lowest BCUT2D eigenvalue weighted by Gasteiger charge is -2.08. The van der Waals surface area contributed by atoms with Gasteiger partial charge in [0.15, 0.2) is 0 Å². The molecule has 2 rings (SSSR count). The third-order valence-electron chi connectivity index (χ3n) is 3.42. The summed E-state index contributed by atoms with van der Waals surface area (Å²) in [5.74, 6) is 3.15. The standard InChI is InChI=1S/C14H18O4/c15-13(17-11-5-1-2-6-11)9-10-14(16)18-12-7-3-4-8-12/h11-12H,1-8H2. The minimum atomic E-state index is -0.620. The fourth-order valence-electron chi connectivity index (χ4n) is 2.48. The number of hydrogen-bond acceptors (Lipinski definition) is 4. The van der Waals surface area contributed by atoms with Crippen LogP contribution >= 0.6 is 0 Å². The van der Waals surface area contributed by atoms with Gasteiger partial charge in [-0.3, -0.25) is 0 Å². The fraction of sp³-hybridized carbons (Fsp3) is 0.714. The van der Waals surface area contributed by atoms with Gasteiger partial charge in [-0.05, 0) is 51.4 Å². The van der Waals surface area contributed by atoms with Crippen molar-refractivity contribution in [2.75, 3.05) is 0 Å². The van der Waals surface area contributed by atoms with E-state index in [2.05, 4.69) is 11.8 Å². The van der Waals surface area contributed by atoms with Gasteiger partial charge in [-0.15, -0.1) is 0 Å². The van der Waals surface area contributed by atoms with Gasteiger partial charge in [-0.1, -0.05) is 0 Å². The smallest absolute Gasteiger partial charge is 0.385 e. The molecule has 0 bridgehead atoms. The summed E-state index contributed by atoms with van der Waals surface area (Å²) in [6.45, 7) is 0. The van der Waals surface area contributed by atoms with Crippen molar-refractivity contribution in [3.63, 3.8) is 0 Å². The van der Waals surface area contributed by atoms with Crippen LogP contribution in [-0.2, 0) is 19.1 Å². The summed E-state index contributed by atoms with van der Waals surface area (Å²) in [5.41, 5.74) is 0. The molecule has 0 saturated heterocycles. The minimum Gasteiger partial charge on any atom is -0.453 e. The van der Waals surface area contributed by atoms with Crippen LogP contribution in [0.5, 0.6) is 0 Å². The van der Waals surface area contributed by atoms with E-state index in [1.165, 1.54) is 0 Å². The lowest BCUT2D eigenvalue weighted by Crippen LogP contribution is -2.15. The SMILES string of the molecule is O=C(C#CC(=O)OC1CCCC1)OC1CCCC1. The predicted molar refractivity (Wildman–Crippen MR) is 64.5 cm³/mol. The van der Waals surface area contributed by atoms with E-state index in [9.17, 15) is 9.59 Å². The van der Waals surface area contributed by atoms with E-state index in [-0.39, 0.29) is 12.2 Å². The van der Waals surface area contributed by atoms with Crippen molar-refractivity contribution >= 4 is 11.9 Å². The van der Waals surface area contributed by atoms with Gasteiger partial charge in [-0.25, -0.2) is 9.59 Å². The number of esters is 2. The molecule has 0 aromatic rings. The van der Waals surface area contributed by atoms with Crippen molar-refractivity contribution in [1.29, 1.82) is 0 Å². The lowest BCUT2D eigenvalue weighted by atomic mass is 10.3. The zero-order valence-corrected chi connectivity index (χ0v) is 10.4. The summed E-state index contributed by atoms with van der Waals surface area (Å²) in [5, 5.41) is 0. The second kappa shape index (κ2) is 6.44. The Labute approximate surface area is 107 Å². The molecule has 2 fully saturated rings. The van der Waals surface area contributed by atoms with E-state index >= 15 is 0 Å². The van der Waals surface area contributed by atoms with Crippen molar-refractivity contribution in [3.8, 4) is 11.8 Å². The van der Waals surface area contributed by atoms with Crippen molar-refractivity contribution in [1.82, 2.24) is 0 Å². The van der Waals surface area contributed by atoms with Gasteiger partial charge in [0.05, 0.1) is 0 Å². The highest BCUT2D eigenvalue weighted by molar-refractivity contribution is 5.98. The quantitative estimate of drug-likeness (QED) is 0.427. The molecule has 18 heavy (non-hydrogen) atoms. The molecule has 0 unspecified atom stereocenters. The molecule has 0 N–H and O–H groups in total. The molecule has 0 aliphatic heterocycles. The molecule has 4 nitrogen and oxygen atoms in total. The van der Waals surface area contributed by atoms with E-state index in [1.807, 2.05) is 0 Å². The van der Waals surface area contributed by atoms with Gasteiger partial charge in [0, 0.05) is 11.8 Å². The van der Waals surface area contributed by atoms with E-state index < -0.39 is 11.9 Å². The molecule has 0 atom stereocenters. The van der Waals surface area contributed by atoms with Crippen molar-refractivity contribution in [3.05, 3.63) is 0 Å². The molecule has 0 amide bonds. The summed E-state index contributed by atoms with van der Waals surface area (Å²) in [4.78, 5) is 22.7. The average Bonchev–Trinajstić information content (AvgIpc) is 2.99. The first kappa shape index (κ1) is 12.9. The largest absolute Gasteiger partial charge is 0.453 e. The maximum absolute atomic E-state index is 11.3. The summed E-state index contributed by atoms with van der Waals surface area (Å²) in [7, 11) is 0. The Bertz CT molecular complexity index is 331. The number of carbonyl (C=O) groups excluding carboxylic acids is 2. The van der Waals surface area contributed by atoms with E-state index in [0.29, 0.717) is 0 Å². The fourth-order valence-corrected chi connectivity index (χ4v) is 2.48. The molecular formula is C14H18O4. The molecule has 2 aliphatic carbocycles. The second-order valence-electron chi connectivity index (χ2n) is 4.87. The van der Waals surface area contributed by atoms with Crippen LogP contribution in [0.4, 0.5) is 0 Å². The second-order valence-corrected chi connectivity index (χ2v) is 4.87. The molecular weight excluding hydrogens is 232 g/mol. The summed E-state index contributed by atoms with van der Waals surface area (Å²) in [6.07, 6.45) is 7.95. The maximum Gasteiger partial charge on any atom is 0.385 e. The van der Waals surface area contributed by atoms with Crippen LogP contribution in [0.3, 0.4) is 0 Å². The zero-order chi connectivity index (χ0) is 12.8. The first-order valence-electron chi connectivity index (χ1n) is 6.67. The Morgan fingerprint density at radius 3 is 1.39 bits per heavy atom. The predicted octanol–water partition coefficient (Wildman–Crippen LogP) is 1.96. The maximum atomic E-state index is 11.3. The molecule has 0 aromatic heterocycles. The lowest BCUT2D eigenvalue weighted by molar-refractivity contribution is -0.143. The van der Waals surface area contributed by atoms with Crippen molar-refractivity contribution in [2.45, 2.75) is 63.6 Å². The van der Waals surface area contributed by atoms with Gasteiger partial charge in [0.25, 0.3) is 0 Å². The summed E-state index contributed by atoms with van der Waals surface area (Å²) < 4.78 is 10.2. The monoisotopic (exact) mass is 250 g/mol. The highest BCUT2D eigenvalue weighted by Gasteiger charge is 2.19. The molecule has 98 valence electrons. The Morgan fingerprint density at radius 1 is 0.722 bits per heavy atom. The Kier molecular flexibility index (Phi) is 4.63. The molecule has 2 aliphatic rings. The Hall–Kier alpha value is -1.50. The van der Waals surface area contributed by atoms with Crippen LogP contribution in [0.2, 0.25) is 0 Å². The topological polar surface area (TPSA) is 52.6 Å². The minimum absolute atomic E-state index is 0.0161. The summed E-state index contributed by atoms with van der Waals surface area (Å²) in [6, 6.07) is 0. The van der Waals surface area contributed by atoms with Crippen LogP contribution in [-0.4, -0.2) is 24.1 Å². The molecule has 0 spiro atoms. The van der Waals surface area contributed by atoms with Gasteiger partial charge >= 0.3 is 11.9 Å². The van der Waals surface area contributed by atoms with Crippen molar-refractivity contribution in [2.24, 2.45) is 0 Å². The number of rotatable bonds is 2. The van der Waals surface area contributed by atoms with Crippen LogP contribution in [0.25, 0.3) is 0 Å². The average molecular weight is 250 g/mol. The van der Waals surface area contributed by atoms with Gasteiger partial charge < -0.3 is 9.47 Å². The van der Waals surface area contributed by atoms with Crippen LogP contribution in [0.1, 0.15) is 51.4 Å². The third-order valence-corrected chi connectivity index (χ3v) is 3.42. The van der Waals surface area contributed by atoms with Gasteiger partial charge in [0.2, 0.25) is 0 Å². The summed E-state index contributed by atoms with van der Waals surface area (Å²) >= 11 is 0. The molecule has 2 saturated carbocycles. The van der Waals surface area contributed by atoms with Crippen LogP contribution in [0, 0.1) is 11.8 Å². The van der Waals surface area contributed by atoms with Crippen molar-refractivity contribution < 1.29 is 19.1 Å². The number of ether oxygens (including phenoxy) is 2. The Morgan fingerprint density at radius 2 is 1.06 bits per heavy atom. The van der Waals surface area contributed by atoms with Crippen LogP contribution in [0.15, 0.2) is 0 Å². The number of hydrogen-bond donors (Lipinski definition) is 0. The molecule has 4 heteroatoms. The highest BCUT2D eigenvalue weighted by atomic mass is 16.5. The third kappa shape index (κ3) is 4.06. The normalized spacial score (nSPS) is 20.2. The van der Waals surface area contributed by atoms with Gasteiger partial charge in [0.1, 0.15) is 12.2 Å². The molecule has 0 heterocycles. The van der Waals surface area contributed by atoms with E-state index in [4.69, 9.17) is 9.47 Å². The first-order chi connectivity index (χ1) is 8.74. The zero-order valence-electron chi connectivity index (χ0n) is 10.4. The van der Waals surface area contributed by atoms with E-state index in [1.54, 1.807) is 0 Å². The molecule has 0 aromatic carbocycles. The van der Waals surface area contributed by atoms with Crippen LogP contribution < -0.4 is 0 Å². The van der Waals surface area contributed by atoms with E-state index in [0.717, 1.165) is 51.4 Å². The first-order valence-corrected chi connectivity index (χ1v) is 6.67. The van der Waals surface area contributed by atoms with Gasteiger partial charge in [-0.2, -0.15) is 0 Å². The molecule has 0 radical (unpaired) electrons. The highest BCUT2D eigenvalue weighted by Crippen LogP contribution is 2.21. The Balaban J connectivity index is 1.71.